The van der Waals surface area contributed by atoms with Crippen molar-refractivity contribution in [2.24, 2.45) is 5.92 Å². The van der Waals surface area contributed by atoms with Crippen LogP contribution < -0.4 is 5.32 Å². The van der Waals surface area contributed by atoms with E-state index in [1.54, 1.807) is 0 Å². The van der Waals surface area contributed by atoms with Crippen LogP contribution in [0, 0.1) is 5.92 Å². The molecule has 3 rings (SSSR count). The summed E-state index contributed by atoms with van der Waals surface area (Å²) in [6.07, 6.45) is 11.4. The highest BCUT2D eigenvalue weighted by atomic mass is 16.3. The fraction of sp³-hybridized carbons (Fsp3) is 0.714. The average molecular weight is 219 g/mol. The zero-order valence-corrected chi connectivity index (χ0v) is 9.87. The molecule has 2 heteroatoms. The molecule has 1 aromatic rings. The van der Waals surface area contributed by atoms with Crippen LogP contribution in [0.3, 0.4) is 0 Å². The van der Waals surface area contributed by atoms with Crippen molar-refractivity contribution >= 4 is 0 Å². The van der Waals surface area contributed by atoms with Crippen LogP contribution in [0.4, 0.5) is 0 Å². The van der Waals surface area contributed by atoms with Gasteiger partial charge in [-0.2, -0.15) is 0 Å². The van der Waals surface area contributed by atoms with Gasteiger partial charge in [0.05, 0.1) is 12.3 Å². The van der Waals surface area contributed by atoms with Gasteiger partial charge in [0.1, 0.15) is 5.76 Å². The number of rotatable bonds is 2. The lowest BCUT2D eigenvalue weighted by Gasteiger charge is -2.29. The second kappa shape index (κ2) is 4.62. The van der Waals surface area contributed by atoms with Gasteiger partial charge in [0, 0.05) is 0 Å². The zero-order chi connectivity index (χ0) is 10.8. The van der Waals surface area contributed by atoms with E-state index in [-0.39, 0.29) is 0 Å². The molecule has 2 aliphatic rings. The molecule has 0 aromatic carbocycles. The standard InChI is InChI=1S/C14H21NO/c1-2-4-11(5-3-1)10-13-14-12(6-8-15-13)7-9-16-14/h7,9,11,13,15H,1-6,8,10H2. The predicted molar refractivity (Wildman–Crippen MR) is 64.3 cm³/mol. The molecular formula is C14H21NO. The first-order valence-corrected chi connectivity index (χ1v) is 6.73. The zero-order valence-electron chi connectivity index (χ0n) is 9.87. The van der Waals surface area contributed by atoms with Gasteiger partial charge in [0.25, 0.3) is 0 Å². The van der Waals surface area contributed by atoms with E-state index < -0.39 is 0 Å². The Morgan fingerprint density at radius 2 is 2.12 bits per heavy atom. The van der Waals surface area contributed by atoms with Crippen LogP contribution >= 0.6 is 0 Å². The maximum absolute atomic E-state index is 5.65. The summed E-state index contributed by atoms with van der Waals surface area (Å²) < 4.78 is 5.65. The Morgan fingerprint density at radius 1 is 1.25 bits per heavy atom. The summed E-state index contributed by atoms with van der Waals surface area (Å²) in [6, 6.07) is 2.63. The first-order valence-electron chi connectivity index (χ1n) is 6.73. The molecule has 88 valence electrons. The van der Waals surface area contributed by atoms with Crippen molar-refractivity contribution in [3.05, 3.63) is 23.7 Å². The molecule has 1 saturated carbocycles. The van der Waals surface area contributed by atoms with Gasteiger partial charge in [0.15, 0.2) is 0 Å². The minimum Gasteiger partial charge on any atom is -0.467 e. The van der Waals surface area contributed by atoms with Crippen LogP contribution in [0.15, 0.2) is 16.7 Å². The SMILES string of the molecule is c1cc2c(o1)C(CC1CCCCC1)NCC2. The van der Waals surface area contributed by atoms with Crippen LogP contribution in [0.1, 0.15) is 55.9 Å². The molecule has 0 spiro atoms. The second-order valence-electron chi connectivity index (χ2n) is 5.31. The van der Waals surface area contributed by atoms with Crippen molar-refractivity contribution in [2.45, 2.75) is 51.0 Å². The smallest absolute Gasteiger partial charge is 0.123 e. The van der Waals surface area contributed by atoms with Crippen LogP contribution in [-0.2, 0) is 6.42 Å². The first-order chi connectivity index (χ1) is 7.93. The Bertz CT molecular complexity index is 338. The van der Waals surface area contributed by atoms with Gasteiger partial charge in [0.2, 0.25) is 0 Å². The minimum absolute atomic E-state index is 0.488. The molecular weight excluding hydrogens is 198 g/mol. The van der Waals surface area contributed by atoms with Crippen molar-refractivity contribution in [1.29, 1.82) is 0 Å². The molecule has 1 atom stereocenters. The summed E-state index contributed by atoms with van der Waals surface area (Å²) in [4.78, 5) is 0. The summed E-state index contributed by atoms with van der Waals surface area (Å²) in [5, 5.41) is 3.61. The molecule has 1 aromatic heterocycles. The maximum atomic E-state index is 5.65. The molecule has 2 heterocycles. The van der Waals surface area contributed by atoms with Gasteiger partial charge < -0.3 is 9.73 Å². The summed E-state index contributed by atoms with van der Waals surface area (Å²) >= 11 is 0. The molecule has 0 radical (unpaired) electrons. The lowest BCUT2D eigenvalue weighted by Crippen LogP contribution is -2.30. The van der Waals surface area contributed by atoms with E-state index in [4.69, 9.17) is 4.42 Å². The van der Waals surface area contributed by atoms with Gasteiger partial charge in [-0.25, -0.2) is 0 Å². The molecule has 1 aliphatic carbocycles. The van der Waals surface area contributed by atoms with Gasteiger partial charge in [-0.1, -0.05) is 32.1 Å². The largest absolute Gasteiger partial charge is 0.467 e. The molecule has 0 amide bonds. The average Bonchev–Trinajstić information content (AvgIpc) is 2.80. The van der Waals surface area contributed by atoms with Crippen molar-refractivity contribution in [3.63, 3.8) is 0 Å². The monoisotopic (exact) mass is 219 g/mol. The third kappa shape index (κ3) is 2.03. The predicted octanol–water partition coefficient (Wildman–Crippen LogP) is 3.44. The van der Waals surface area contributed by atoms with Gasteiger partial charge in [-0.3, -0.25) is 0 Å². The Labute approximate surface area is 97.4 Å². The van der Waals surface area contributed by atoms with Crippen molar-refractivity contribution < 1.29 is 4.42 Å². The number of furan rings is 1. The number of hydrogen-bond donors (Lipinski definition) is 1. The van der Waals surface area contributed by atoms with Gasteiger partial charge in [-0.05, 0) is 36.9 Å². The Hall–Kier alpha value is -0.760. The third-order valence-corrected chi connectivity index (χ3v) is 4.18. The van der Waals surface area contributed by atoms with E-state index >= 15 is 0 Å². The Kier molecular flexibility index (Phi) is 3.00. The minimum atomic E-state index is 0.488. The van der Waals surface area contributed by atoms with E-state index in [2.05, 4.69) is 11.4 Å². The maximum Gasteiger partial charge on any atom is 0.123 e. The summed E-state index contributed by atoms with van der Waals surface area (Å²) in [6.45, 7) is 1.12. The quantitative estimate of drug-likeness (QED) is 0.824. The summed E-state index contributed by atoms with van der Waals surface area (Å²) in [5.74, 6) is 2.14. The summed E-state index contributed by atoms with van der Waals surface area (Å²) in [7, 11) is 0. The lowest BCUT2D eigenvalue weighted by atomic mass is 9.83. The van der Waals surface area contributed by atoms with Crippen LogP contribution in [-0.4, -0.2) is 6.54 Å². The topological polar surface area (TPSA) is 25.2 Å². The lowest BCUT2D eigenvalue weighted by molar-refractivity contribution is 0.273. The fourth-order valence-electron chi connectivity index (χ4n) is 3.28. The van der Waals surface area contributed by atoms with Crippen molar-refractivity contribution in [2.75, 3.05) is 6.54 Å². The molecule has 1 unspecified atom stereocenters. The molecule has 16 heavy (non-hydrogen) atoms. The van der Waals surface area contributed by atoms with E-state index in [1.165, 1.54) is 49.8 Å². The second-order valence-corrected chi connectivity index (χ2v) is 5.31. The number of nitrogens with one attached hydrogen (secondary N) is 1. The van der Waals surface area contributed by atoms with Crippen LogP contribution in [0.2, 0.25) is 0 Å². The van der Waals surface area contributed by atoms with Gasteiger partial charge in [-0.15, -0.1) is 0 Å². The first kappa shape index (κ1) is 10.4. The molecule has 0 saturated heterocycles. The van der Waals surface area contributed by atoms with E-state index in [1.807, 2.05) is 6.26 Å². The summed E-state index contributed by atoms with van der Waals surface area (Å²) in [5.41, 5.74) is 1.43. The highest BCUT2D eigenvalue weighted by Crippen LogP contribution is 2.34. The Morgan fingerprint density at radius 3 is 3.00 bits per heavy atom. The van der Waals surface area contributed by atoms with Crippen molar-refractivity contribution in [1.82, 2.24) is 5.32 Å². The van der Waals surface area contributed by atoms with Crippen molar-refractivity contribution in [3.8, 4) is 0 Å². The Balaban J connectivity index is 1.67. The third-order valence-electron chi connectivity index (χ3n) is 4.18. The van der Waals surface area contributed by atoms with E-state index in [0.29, 0.717) is 6.04 Å². The number of hydrogen-bond acceptors (Lipinski definition) is 2. The molecule has 0 bridgehead atoms. The van der Waals surface area contributed by atoms with Crippen LogP contribution in [0.5, 0.6) is 0 Å². The van der Waals surface area contributed by atoms with E-state index in [0.717, 1.165) is 18.9 Å². The number of fused-ring (bicyclic) bond motifs is 1. The van der Waals surface area contributed by atoms with Gasteiger partial charge >= 0.3 is 0 Å². The highest BCUT2D eigenvalue weighted by Gasteiger charge is 2.26. The molecule has 1 fully saturated rings. The van der Waals surface area contributed by atoms with Crippen LogP contribution in [0.25, 0.3) is 0 Å². The fourth-order valence-corrected chi connectivity index (χ4v) is 3.28. The van der Waals surface area contributed by atoms with E-state index in [9.17, 15) is 0 Å². The normalized spacial score (nSPS) is 26.6. The molecule has 1 aliphatic heterocycles. The molecule has 2 nitrogen and oxygen atoms in total. The highest BCUT2D eigenvalue weighted by molar-refractivity contribution is 5.23. The molecule has 1 N–H and O–H groups in total.